The highest BCUT2D eigenvalue weighted by Crippen LogP contribution is 2.42. The fraction of sp³-hybridized carbons (Fsp3) is 0.533. The molecule has 1 aliphatic carbocycles. The van der Waals surface area contributed by atoms with E-state index in [4.69, 9.17) is 0 Å². The molecule has 1 saturated carbocycles. The number of pyridine rings is 1. The van der Waals surface area contributed by atoms with Gasteiger partial charge in [0.1, 0.15) is 11.3 Å². The van der Waals surface area contributed by atoms with Crippen molar-refractivity contribution in [3.8, 4) is 0 Å². The fourth-order valence-electron chi connectivity index (χ4n) is 3.16. The van der Waals surface area contributed by atoms with Crippen molar-refractivity contribution in [1.82, 2.24) is 14.5 Å². The highest BCUT2D eigenvalue weighted by molar-refractivity contribution is 7.98. The maximum absolute atomic E-state index is 14.7. The largest absolute Gasteiger partial charge is 0.286 e. The van der Waals surface area contributed by atoms with Crippen molar-refractivity contribution in [3.63, 3.8) is 0 Å². The van der Waals surface area contributed by atoms with E-state index in [1.807, 2.05) is 13.2 Å². The van der Waals surface area contributed by atoms with E-state index in [2.05, 4.69) is 9.97 Å². The maximum atomic E-state index is 14.7. The number of hydrogen-bond acceptors (Lipinski definition) is 4. The van der Waals surface area contributed by atoms with Crippen LogP contribution in [0.3, 0.4) is 0 Å². The van der Waals surface area contributed by atoms with Crippen molar-refractivity contribution in [3.05, 3.63) is 28.2 Å². The number of hydrogen-bond donors (Lipinski definition) is 0. The second kappa shape index (κ2) is 5.09. The summed E-state index contributed by atoms with van der Waals surface area (Å²) in [5.41, 5.74) is -0.162. The summed E-state index contributed by atoms with van der Waals surface area (Å²) < 4.78 is 16.3. The summed E-state index contributed by atoms with van der Waals surface area (Å²) >= 11 is 1.42. The average molecular weight is 307 g/mol. The minimum Gasteiger partial charge on any atom is -0.286 e. The molecular formula is C15H18FN3OS. The van der Waals surface area contributed by atoms with Gasteiger partial charge in [0, 0.05) is 17.6 Å². The predicted octanol–water partition coefficient (Wildman–Crippen LogP) is 3.28. The van der Waals surface area contributed by atoms with Gasteiger partial charge in [0.15, 0.2) is 5.16 Å². The van der Waals surface area contributed by atoms with Gasteiger partial charge in [0.25, 0.3) is 5.56 Å². The molecule has 21 heavy (non-hydrogen) atoms. The standard InChI is InChI=1S/C15H18FN3OS/c1-9-7-12(20)19(11-5-4-6-15(11,2)16)13-10(9)8-17-14(18-13)21-3/h7-8,11H,4-6H2,1-3H3/t11-,15+/m1/s1. The van der Waals surface area contributed by atoms with E-state index in [-0.39, 0.29) is 5.56 Å². The predicted molar refractivity (Wildman–Crippen MR) is 82.7 cm³/mol. The Hall–Kier alpha value is -1.43. The lowest BCUT2D eigenvalue weighted by Crippen LogP contribution is -2.34. The van der Waals surface area contributed by atoms with Crippen LogP contribution < -0.4 is 5.56 Å². The number of aromatic nitrogens is 3. The first-order chi connectivity index (χ1) is 9.94. The zero-order chi connectivity index (χ0) is 15.2. The van der Waals surface area contributed by atoms with Crippen LogP contribution in [0.2, 0.25) is 0 Å². The molecule has 4 nitrogen and oxygen atoms in total. The first kappa shape index (κ1) is 14.5. The molecule has 0 spiro atoms. The van der Waals surface area contributed by atoms with E-state index in [1.165, 1.54) is 16.3 Å². The quantitative estimate of drug-likeness (QED) is 0.631. The second-order valence-electron chi connectivity index (χ2n) is 5.82. The molecule has 0 N–H and O–H groups in total. The summed E-state index contributed by atoms with van der Waals surface area (Å²) in [6.45, 7) is 3.44. The van der Waals surface area contributed by atoms with Crippen molar-refractivity contribution >= 4 is 22.8 Å². The third-order valence-electron chi connectivity index (χ3n) is 4.31. The summed E-state index contributed by atoms with van der Waals surface area (Å²) in [5, 5.41) is 1.41. The van der Waals surface area contributed by atoms with Crippen LogP contribution in [0.5, 0.6) is 0 Å². The summed E-state index contributed by atoms with van der Waals surface area (Å²) in [4.78, 5) is 21.2. The van der Waals surface area contributed by atoms with E-state index in [1.54, 1.807) is 19.2 Å². The normalized spacial score (nSPS) is 25.6. The number of aryl methyl sites for hydroxylation is 1. The average Bonchev–Trinajstić information content (AvgIpc) is 2.78. The van der Waals surface area contributed by atoms with Gasteiger partial charge >= 0.3 is 0 Å². The Balaban J connectivity index is 2.33. The second-order valence-corrected chi connectivity index (χ2v) is 6.59. The minimum atomic E-state index is -1.36. The Labute approximate surface area is 126 Å². The Morgan fingerprint density at radius 3 is 2.90 bits per heavy atom. The molecule has 112 valence electrons. The van der Waals surface area contributed by atoms with Gasteiger partial charge in [-0.2, -0.15) is 0 Å². The molecule has 0 bridgehead atoms. The molecule has 3 rings (SSSR count). The number of alkyl halides is 1. The molecule has 0 saturated heterocycles. The number of fused-ring (bicyclic) bond motifs is 1. The van der Waals surface area contributed by atoms with Gasteiger partial charge in [0.2, 0.25) is 0 Å². The molecule has 2 aromatic heterocycles. The lowest BCUT2D eigenvalue weighted by Gasteiger charge is -2.26. The zero-order valence-electron chi connectivity index (χ0n) is 12.4. The van der Waals surface area contributed by atoms with E-state index in [9.17, 15) is 9.18 Å². The summed E-state index contributed by atoms with van der Waals surface area (Å²) in [7, 11) is 0. The number of nitrogens with zero attached hydrogens (tertiary/aromatic N) is 3. The van der Waals surface area contributed by atoms with E-state index in [0.717, 1.165) is 17.4 Å². The zero-order valence-corrected chi connectivity index (χ0v) is 13.2. The van der Waals surface area contributed by atoms with Crippen LogP contribution in [0.15, 0.2) is 22.2 Å². The van der Waals surface area contributed by atoms with Gasteiger partial charge in [-0.1, -0.05) is 11.8 Å². The van der Waals surface area contributed by atoms with Crippen LogP contribution in [0.1, 0.15) is 37.8 Å². The van der Waals surface area contributed by atoms with Gasteiger partial charge < -0.3 is 0 Å². The molecular weight excluding hydrogens is 289 g/mol. The Bertz CT molecular complexity index is 756. The maximum Gasteiger partial charge on any atom is 0.252 e. The molecule has 1 fully saturated rings. The highest BCUT2D eigenvalue weighted by atomic mass is 32.2. The van der Waals surface area contributed by atoms with Gasteiger partial charge in [-0.25, -0.2) is 14.4 Å². The monoisotopic (exact) mass is 307 g/mol. The number of rotatable bonds is 2. The molecule has 2 aromatic rings. The van der Waals surface area contributed by atoms with Crippen LogP contribution in [0.4, 0.5) is 4.39 Å². The van der Waals surface area contributed by atoms with E-state index >= 15 is 0 Å². The van der Waals surface area contributed by atoms with E-state index < -0.39 is 11.7 Å². The molecule has 0 amide bonds. The first-order valence-electron chi connectivity index (χ1n) is 7.06. The van der Waals surface area contributed by atoms with Crippen LogP contribution >= 0.6 is 11.8 Å². The molecule has 1 aliphatic rings. The molecule has 0 aromatic carbocycles. The molecule has 0 radical (unpaired) electrons. The summed E-state index contributed by atoms with van der Waals surface area (Å²) in [5.74, 6) is 0. The van der Waals surface area contributed by atoms with Crippen LogP contribution in [-0.4, -0.2) is 26.5 Å². The van der Waals surface area contributed by atoms with Crippen molar-refractivity contribution < 1.29 is 4.39 Å². The van der Waals surface area contributed by atoms with Gasteiger partial charge in [0.05, 0.1) is 6.04 Å². The SMILES string of the molecule is CSc1ncc2c(C)cc(=O)n([C@@H]3CCC[C@]3(C)F)c2n1. The minimum absolute atomic E-state index is 0.179. The topological polar surface area (TPSA) is 47.8 Å². The lowest BCUT2D eigenvalue weighted by molar-refractivity contribution is 0.137. The summed E-state index contributed by atoms with van der Waals surface area (Å²) in [6.07, 6.45) is 5.56. The van der Waals surface area contributed by atoms with Crippen molar-refractivity contribution in [2.24, 2.45) is 0 Å². The molecule has 6 heteroatoms. The summed E-state index contributed by atoms with van der Waals surface area (Å²) in [6, 6.07) is 1.11. The van der Waals surface area contributed by atoms with Gasteiger partial charge in [-0.15, -0.1) is 0 Å². The molecule has 2 atom stereocenters. The molecule has 2 heterocycles. The van der Waals surface area contributed by atoms with Crippen LogP contribution in [0, 0.1) is 6.92 Å². The third-order valence-corrected chi connectivity index (χ3v) is 4.87. The molecule has 0 aliphatic heterocycles. The molecule has 0 unspecified atom stereocenters. The van der Waals surface area contributed by atoms with Crippen LogP contribution in [0.25, 0.3) is 11.0 Å². The first-order valence-corrected chi connectivity index (χ1v) is 8.28. The van der Waals surface area contributed by atoms with Crippen molar-refractivity contribution in [1.29, 1.82) is 0 Å². The van der Waals surface area contributed by atoms with Crippen molar-refractivity contribution in [2.75, 3.05) is 6.26 Å². The Kier molecular flexibility index (Phi) is 3.51. The van der Waals surface area contributed by atoms with Gasteiger partial charge in [-0.3, -0.25) is 9.36 Å². The van der Waals surface area contributed by atoms with Crippen molar-refractivity contribution in [2.45, 2.75) is 50.0 Å². The van der Waals surface area contributed by atoms with Gasteiger partial charge in [-0.05, 0) is 44.9 Å². The Morgan fingerprint density at radius 1 is 1.52 bits per heavy atom. The number of thioether (sulfide) groups is 1. The number of halogens is 1. The fourth-order valence-corrected chi connectivity index (χ4v) is 3.50. The third kappa shape index (κ3) is 2.35. The highest BCUT2D eigenvalue weighted by Gasteiger charge is 2.41. The lowest BCUT2D eigenvalue weighted by atomic mass is 10.0. The smallest absolute Gasteiger partial charge is 0.252 e. The Morgan fingerprint density at radius 2 is 2.29 bits per heavy atom. The van der Waals surface area contributed by atoms with E-state index in [0.29, 0.717) is 23.6 Å². The van der Waals surface area contributed by atoms with Crippen LogP contribution in [-0.2, 0) is 0 Å².